The van der Waals surface area contributed by atoms with Crippen LogP contribution in [0.2, 0.25) is 0 Å². The Bertz CT molecular complexity index is 400. The first-order valence-electron chi connectivity index (χ1n) is 6.32. The van der Waals surface area contributed by atoms with Crippen molar-refractivity contribution in [3.8, 4) is 0 Å². The standard InChI is InChI=1S/C12H17F3N2S2/c1-16-9(7-18-8-4-2-3-5-8)10-6-17-11(19-10)12(13,14)15/h6,8-9,16H,2-5,7H2,1H3. The van der Waals surface area contributed by atoms with Crippen LogP contribution in [-0.2, 0) is 6.18 Å². The van der Waals surface area contributed by atoms with Crippen LogP contribution in [0.4, 0.5) is 13.2 Å². The molecule has 0 aromatic carbocycles. The molecule has 1 atom stereocenters. The summed E-state index contributed by atoms with van der Waals surface area (Å²) in [7, 11) is 1.78. The number of halogens is 3. The second kappa shape index (κ2) is 6.45. The lowest BCUT2D eigenvalue weighted by Gasteiger charge is -2.16. The number of rotatable bonds is 5. The van der Waals surface area contributed by atoms with Gasteiger partial charge in [-0.2, -0.15) is 24.9 Å². The second-order valence-electron chi connectivity index (χ2n) is 4.65. The minimum Gasteiger partial charge on any atom is -0.312 e. The third-order valence-electron chi connectivity index (χ3n) is 3.26. The minimum atomic E-state index is -4.33. The molecule has 0 spiro atoms. The van der Waals surface area contributed by atoms with Crippen LogP contribution in [0.3, 0.4) is 0 Å². The van der Waals surface area contributed by atoms with E-state index in [0.29, 0.717) is 10.1 Å². The van der Waals surface area contributed by atoms with Crippen LogP contribution in [-0.4, -0.2) is 23.0 Å². The maximum absolute atomic E-state index is 12.5. The van der Waals surface area contributed by atoms with Crippen molar-refractivity contribution in [3.05, 3.63) is 16.1 Å². The highest BCUT2D eigenvalue weighted by molar-refractivity contribution is 7.99. The first-order valence-corrected chi connectivity index (χ1v) is 8.19. The summed E-state index contributed by atoms with van der Waals surface area (Å²) in [5.41, 5.74) is 0. The molecule has 2 rings (SSSR count). The Balaban J connectivity index is 1.94. The molecule has 1 fully saturated rings. The molecular weight excluding hydrogens is 293 g/mol. The molecule has 1 saturated carbocycles. The van der Waals surface area contributed by atoms with Gasteiger partial charge in [-0.1, -0.05) is 12.8 Å². The molecule has 7 heteroatoms. The minimum absolute atomic E-state index is 0.0424. The fourth-order valence-electron chi connectivity index (χ4n) is 2.17. The van der Waals surface area contributed by atoms with Gasteiger partial charge in [-0.15, -0.1) is 11.3 Å². The van der Waals surface area contributed by atoms with Gasteiger partial charge in [0.05, 0.1) is 6.04 Å². The summed E-state index contributed by atoms with van der Waals surface area (Å²) in [6.45, 7) is 0. The van der Waals surface area contributed by atoms with Crippen LogP contribution in [0.15, 0.2) is 6.20 Å². The summed E-state index contributed by atoms with van der Waals surface area (Å²) < 4.78 is 37.6. The number of nitrogens with one attached hydrogen (secondary N) is 1. The first kappa shape index (κ1) is 15.1. The molecule has 0 aliphatic heterocycles. The van der Waals surface area contributed by atoms with E-state index in [-0.39, 0.29) is 6.04 Å². The molecule has 2 nitrogen and oxygen atoms in total. The monoisotopic (exact) mass is 310 g/mol. The zero-order valence-electron chi connectivity index (χ0n) is 10.7. The van der Waals surface area contributed by atoms with Crippen molar-refractivity contribution in [1.82, 2.24) is 10.3 Å². The fraction of sp³-hybridized carbons (Fsp3) is 0.750. The van der Waals surface area contributed by atoms with Gasteiger partial charge < -0.3 is 5.32 Å². The van der Waals surface area contributed by atoms with Crippen LogP contribution in [0.5, 0.6) is 0 Å². The topological polar surface area (TPSA) is 24.9 Å². The van der Waals surface area contributed by atoms with Gasteiger partial charge in [0, 0.05) is 22.1 Å². The molecule has 0 saturated heterocycles. The number of hydrogen-bond acceptors (Lipinski definition) is 4. The Hall–Kier alpha value is -0.270. The van der Waals surface area contributed by atoms with Gasteiger partial charge >= 0.3 is 6.18 Å². The maximum Gasteiger partial charge on any atom is 0.443 e. The number of alkyl halides is 3. The number of nitrogens with zero attached hydrogens (tertiary/aromatic N) is 1. The van der Waals surface area contributed by atoms with Gasteiger partial charge in [-0.25, -0.2) is 4.98 Å². The molecule has 1 heterocycles. The summed E-state index contributed by atoms with van der Waals surface area (Å²) in [5, 5.41) is 3.01. The van der Waals surface area contributed by atoms with Gasteiger partial charge in [-0.05, 0) is 19.9 Å². The molecule has 0 radical (unpaired) electrons. The van der Waals surface area contributed by atoms with Crippen molar-refractivity contribution in [2.24, 2.45) is 0 Å². The summed E-state index contributed by atoms with van der Waals surface area (Å²) >= 11 is 2.61. The van der Waals surface area contributed by atoms with Crippen molar-refractivity contribution in [2.75, 3.05) is 12.8 Å². The number of thiazole rings is 1. The maximum atomic E-state index is 12.5. The highest BCUT2D eigenvalue weighted by Gasteiger charge is 2.35. The van der Waals surface area contributed by atoms with Crippen molar-refractivity contribution in [1.29, 1.82) is 0 Å². The molecule has 1 unspecified atom stereocenters. The Labute approximate surface area is 119 Å². The Morgan fingerprint density at radius 1 is 1.47 bits per heavy atom. The van der Waals surface area contributed by atoms with E-state index >= 15 is 0 Å². The van der Waals surface area contributed by atoms with E-state index in [1.165, 1.54) is 31.9 Å². The van der Waals surface area contributed by atoms with Crippen LogP contribution >= 0.6 is 23.1 Å². The molecule has 1 aliphatic carbocycles. The Morgan fingerprint density at radius 2 is 2.16 bits per heavy atom. The van der Waals surface area contributed by atoms with Crippen LogP contribution in [0.1, 0.15) is 41.6 Å². The van der Waals surface area contributed by atoms with E-state index in [0.717, 1.165) is 17.1 Å². The molecule has 0 bridgehead atoms. The average Bonchev–Trinajstić information content (AvgIpc) is 2.98. The van der Waals surface area contributed by atoms with Gasteiger partial charge in [-0.3, -0.25) is 0 Å². The third-order valence-corrected chi connectivity index (χ3v) is 5.88. The fourth-order valence-corrected chi connectivity index (χ4v) is 4.65. The number of aromatic nitrogens is 1. The van der Waals surface area contributed by atoms with Crippen LogP contribution in [0.25, 0.3) is 0 Å². The Kier molecular flexibility index (Phi) is 5.14. The van der Waals surface area contributed by atoms with E-state index in [1.807, 2.05) is 11.8 Å². The second-order valence-corrected chi connectivity index (χ2v) is 7.04. The normalized spacial score (nSPS) is 18.9. The molecular formula is C12H17F3N2S2. The zero-order valence-corrected chi connectivity index (χ0v) is 12.3. The Morgan fingerprint density at radius 3 is 2.68 bits per heavy atom. The van der Waals surface area contributed by atoms with Crippen molar-refractivity contribution < 1.29 is 13.2 Å². The highest BCUT2D eigenvalue weighted by atomic mass is 32.2. The number of hydrogen-bond donors (Lipinski definition) is 1. The SMILES string of the molecule is CNC(CSC1CCCC1)c1cnc(C(F)(F)F)s1. The zero-order chi connectivity index (χ0) is 13.9. The quantitative estimate of drug-likeness (QED) is 0.886. The lowest BCUT2D eigenvalue weighted by atomic mass is 10.3. The van der Waals surface area contributed by atoms with Crippen molar-refractivity contribution in [2.45, 2.75) is 43.2 Å². The van der Waals surface area contributed by atoms with Crippen molar-refractivity contribution >= 4 is 23.1 Å². The van der Waals surface area contributed by atoms with Gasteiger partial charge in [0.2, 0.25) is 0 Å². The lowest BCUT2D eigenvalue weighted by Crippen LogP contribution is -2.18. The highest BCUT2D eigenvalue weighted by Crippen LogP contribution is 2.36. The summed E-state index contributed by atoms with van der Waals surface area (Å²) in [6, 6.07) is -0.0424. The van der Waals surface area contributed by atoms with Crippen LogP contribution in [0, 0.1) is 0 Å². The van der Waals surface area contributed by atoms with E-state index in [4.69, 9.17) is 0 Å². The van der Waals surface area contributed by atoms with Crippen LogP contribution < -0.4 is 5.32 Å². The molecule has 0 amide bonds. The summed E-state index contributed by atoms with van der Waals surface area (Å²) in [4.78, 5) is 4.15. The smallest absolute Gasteiger partial charge is 0.312 e. The lowest BCUT2D eigenvalue weighted by molar-refractivity contribution is -0.137. The predicted molar refractivity (Wildman–Crippen MR) is 73.6 cm³/mol. The molecule has 1 aromatic rings. The van der Waals surface area contributed by atoms with Crippen molar-refractivity contribution in [3.63, 3.8) is 0 Å². The third kappa shape index (κ3) is 4.10. The van der Waals surface area contributed by atoms with Gasteiger partial charge in [0.15, 0.2) is 5.01 Å². The predicted octanol–water partition coefficient (Wildman–Crippen LogP) is 4.10. The van der Waals surface area contributed by atoms with E-state index in [9.17, 15) is 13.2 Å². The summed E-state index contributed by atoms with van der Waals surface area (Å²) in [6.07, 6.45) is 2.04. The van der Waals surface area contributed by atoms with E-state index < -0.39 is 11.2 Å². The van der Waals surface area contributed by atoms with Gasteiger partial charge in [0.25, 0.3) is 0 Å². The molecule has 1 aromatic heterocycles. The summed E-state index contributed by atoms with van der Waals surface area (Å²) in [5.74, 6) is 0.806. The largest absolute Gasteiger partial charge is 0.443 e. The van der Waals surface area contributed by atoms with E-state index in [2.05, 4.69) is 10.3 Å². The molecule has 108 valence electrons. The average molecular weight is 310 g/mol. The molecule has 1 N–H and O–H groups in total. The first-order chi connectivity index (χ1) is 9.00. The van der Waals surface area contributed by atoms with E-state index in [1.54, 1.807) is 7.05 Å². The molecule has 19 heavy (non-hydrogen) atoms. The number of thioether (sulfide) groups is 1. The molecule has 1 aliphatic rings. The van der Waals surface area contributed by atoms with Gasteiger partial charge in [0.1, 0.15) is 0 Å².